The molecule has 2 aliphatic rings. The fourth-order valence-electron chi connectivity index (χ4n) is 3.96. The standard InChI is InChI=1S/C16H16F2N4O3/c17-9-10(18)14-12-8(11(9)19)13(23)7(15(20)21-24)5-22(12)16(6-25-14)3-1-2-4-16/h5,24H,1-4,6,19H2,(H2,20,21). The van der Waals surface area contributed by atoms with Gasteiger partial charge in [0.1, 0.15) is 12.1 Å². The number of hydrogen-bond donors (Lipinski definition) is 4. The molecule has 0 saturated heterocycles. The summed E-state index contributed by atoms with van der Waals surface area (Å²) in [5, 5.41) is 16.5. The van der Waals surface area contributed by atoms with Crippen LogP contribution in [-0.4, -0.2) is 22.2 Å². The fourth-order valence-corrected chi connectivity index (χ4v) is 3.96. The Kier molecular flexibility index (Phi) is 3.26. The summed E-state index contributed by atoms with van der Waals surface area (Å²) in [5.74, 6) is -3.46. The van der Waals surface area contributed by atoms with E-state index in [0.29, 0.717) is 0 Å². The maximum Gasteiger partial charge on any atom is 0.205 e. The second-order valence-electron chi connectivity index (χ2n) is 6.54. The molecule has 1 aromatic heterocycles. The quantitative estimate of drug-likeness (QED) is 0.271. The molecular weight excluding hydrogens is 334 g/mol. The number of halogens is 2. The molecule has 132 valence electrons. The van der Waals surface area contributed by atoms with E-state index >= 15 is 0 Å². The summed E-state index contributed by atoms with van der Waals surface area (Å²) in [6.07, 6.45) is 4.72. The van der Waals surface area contributed by atoms with Crippen LogP contribution in [0.5, 0.6) is 5.75 Å². The molecule has 0 radical (unpaired) electrons. The van der Waals surface area contributed by atoms with E-state index in [0.717, 1.165) is 25.7 Å². The van der Waals surface area contributed by atoms with Gasteiger partial charge in [-0.2, -0.15) is 4.39 Å². The zero-order valence-electron chi connectivity index (χ0n) is 13.2. The number of pyridine rings is 1. The number of nitrogens with one attached hydrogen (secondary N) is 2. The Morgan fingerprint density at radius 1 is 1.36 bits per heavy atom. The van der Waals surface area contributed by atoms with Crippen molar-refractivity contribution in [3.05, 3.63) is 33.6 Å². The van der Waals surface area contributed by atoms with E-state index in [1.807, 2.05) is 0 Å². The predicted molar refractivity (Wildman–Crippen MR) is 86.2 cm³/mol. The Morgan fingerprint density at radius 3 is 2.68 bits per heavy atom. The van der Waals surface area contributed by atoms with Crippen molar-refractivity contribution in [2.24, 2.45) is 0 Å². The Bertz CT molecular complexity index is 980. The van der Waals surface area contributed by atoms with Gasteiger partial charge in [-0.3, -0.25) is 20.9 Å². The maximum absolute atomic E-state index is 14.3. The molecule has 5 N–H and O–H groups in total. The van der Waals surface area contributed by atoms with E-state index in [-0.39, 0.29) is 28.8 Å². The third kappa shape index (κ3) is 1.92. The minimum Gasteiger partial charge on any atom is -0.486 e. The summed E-state index contributed by atoms with van der Waals surface area (Å²) in [4.78, 5) is 12.7. The lowest BCUT2D eigenvalue weighted by Gasteiger charge is -2.38. The van der Waals surface area contributed by atoms with Crippen LogP contribution in [-0.2, 0) is 5.54 Å². The predicted octanol–water partition coefficient (Wildman–Crippen LogP) is 1.83. The lowest BCUT2D eigenvalue weighted by Crippen LogP contribution is -2.42. The summed E-state index contributed by atoms with van der Waals surface area (Å²) in [7, 11) is 0. The Hall–Kier alpha value is -2.68. The van der Waals surface area contributed by atoms with Gasteiger partial charge in [0, 0.05) is 6.20 Å². The average Bonchev–Trinajstić information content (AvgIpc) is 3.07. The molecule has 0 amide bonds. The normalized spacial score (nSPS) is 17.7. The van der Waals surface area contributed by atoms with Gasteiger partial charge in [-0.1, -0.05) is 12.8 Å². The zero-order chi connectivity index (χ0) is 17.9. The number of anilines is 1. The number of rotatable bonds is 1. The first-order chi connectivity index (χ1) is 11.9. The summed E-state index contributed by atoms with van der Waals surface area (Å²) >= 11 is 0. The molecule has 2 aromatic rings. The van der Waals surface area contributed by atoms with Gasteiger partial charge in [-0.15, -0.1) is 0 Å². The monoisotopic (exact) mass is 350 g/mol. The summed E-state index contributed by atoms with van der Waals surface area (Å²) in [6.45, 7) is 0.136. The first-order valence-electron chi connectivity index (χ1n) is 7.89. The second-order valence-corrected chi connectivity index (χ2v) is 6.54. The van der Waals surface area contributed by atoms with Crippen LogP contribution in [0.25, 0.3) is 10.9 Å². The van der Waals surface area contributed by atoms with E-state index in [2.05, 4.69) is 0 Å². The van der Waals surface area contributed by atoms with Crippen LogP contribution in [0.15, 0.2) is 11.0 Å². The van der Waals surface area contributed by atoms with Gasteiger partial charge in [0.15, 0.2) is 17.4 Å². The van der Waals surface area contributed by atoms with Gasteiger partial charge in [-0.25, -0.2) is 4.39 Å². The van der Waals surface area contributed by atoms with Crippen LogP contribution in [0, 0.1) is 17.0 Å². The number of hydrogen-bond acceptors (Lipinski definition) is 5. The molecule has 2 heterocycles. The van der Waals surface area contributed by atoms with Gasteiger partial charge in [0.25, 0.3) is 0 Å². The Morgan fingerprint density at radius 2 is 2.04 bits per heavy atom. The van der Waals surface area contributed by atoms with Crippen LogP contribution in [0.4, 0.5) is 14.5 Å². The molecule has 1 aliphatic carbocycles. The molecule has 9 heteroatoms. The third-order valence-electron chi connectivity index (χ3n) is 5.23. The van der Waals surface area contributed by atoms with Crippen LogP contribution in [0.3, 0.4) is 0 Å². The molecule has 0 bridgehead atoms. The number of nitrogens with two attached hydrogens (primary N) is 1. The molecule has 0 unspecified atom stereocenters. The molecule has 1 spiro atoms. The second kappa shape index (κ2) is 5.16. The van der Waals surface area contributed by atoms with E-state index < -0.39 is 34.1 Å². The highest BCUT2D eigenvalue weighted by Crippen LogP contribution is 2.46. The van der Waals surface area contributed by atoms with Crippen molar-refractivity contribution in [1.29, 1.82) is 5.41 Å². The van der Waals surface area contributed by atoms with E-state index in [1.165, 1.54) is 6.20 Å². The Labute approximate surface area is 140 Å². The van der Waals surface area contributed by atoms with Gasteiger partial charge in [-0.05, 0) is 12.8 Å². The summed E-state index contributed by atoms with van der Waals surface area (Å²) < 4.78 is 35.7. The smallest absolute Gasteiger partial charge is 0.205 e. The minimum absolute atomic E-state index is 0.101. The number of aromatic nitrogens is 1. The number of amidine groups is 1. The van der Waals surface area contributed by atoms with Gasteiger partial charge >= 0.3 is 0 Å². The topological polar surface area (TPSA) is 113 Å². The highest BCUT2D eigenvalue weighted by molar-refractivity contribution is 6.03. The minimum atomic E-state index is -1.35. The molecule has 4 rings (SSSR count). The fraction of sp³-hybridized carbons (Fsp3) is 0.375. The van der Waals surface area contributed by atoms with Crippen molar-refractivity contribution in [3.63, 3.8) is 0 Å². The molecular formula is C16H16F2N4O3. The molecule has 1 aliphatic heterocycles. The molecule has 7 nitrogen and oxygen atoms in total. The lowest BCUT2D eigenvalue weighted by molar-refractivity contribution is 0.136. The number of fused-ring (bicyclic) bond motifs is 1. The molecule has 1 aromatic carbocycles. The summed E-state index contributed by atoms with van der Waals surface area (Å²) in [5.41, 5.74) is 5.34. The number of nitrogen functional groups attached to an aromatic ring is 1. The summed E-state index contributed by atoms with van der Waals surface area (Å²) in [6, 6.07) is 0. The highest BCUT2D eigenvalue weighted by Gasteiger charge is 2.42. The molecule has 25 heavy (non-hydrogen) atoms. The van der Waals surface area contributed by atoms with Crippen molar-refractivity contribution in [1.82, 2.24) is 10.0 Å². The van der Waals surface area contributed by atoms with Crippen molar-refractivity contribution in [3.8, 4) is 5.75 Å². The lowest BCUT2D eigenvalue weighted by atomic mass is 9.94. The van der Waals surface area contributed by atoms with Gasteiger partial charge in [0.05, 0.1) is 22.2 Å². The van der Waals surface area contributed by atoms with Gasteiger partial charge in [0.2, 0.25) is 11.2 Å². The number of benzene rings is 1. The maximum atomic E-state index is 14.3. The van der Waals surface area contributed by atoms with Crippen molar-refractivity contribution >= 4 is 22.4 Å². The first kappa shape index (κ1) is 15.8. The average molecular weight is 350 g/mol. The van der Waals surface area contributed by atoms with E-state index in [9.17, 15) is 13.6 Å². The van der Waals surface area contributed by atoms with Crippen molar-refractivity contribution < 1.29 is 18.7 Å². The molecule has 1 saturated carbocycles. The highest BCUT2D eigenvalue weighted by atomic mass is 19.2. The Balaban J connectivity index is 2.21. The molecule has 0 atom stereocenters. The largest absolute Gasteiger partial charge is 0.486 e. The van der Waals surface area contributed by atoms with E-state index in [1.54, 1.807) is 10.0 Å². The van der Waals surface area contributed by atoms with Crippen LogP contribution < -0.4 is 21.4 Å². The molecule has 1 fully saturated rings. The zero-order valence-corrected chi connectivity index (χ0v) is 13.2. The number of nitrogens with zero attached hydrogens (tertiary/aromatic N) is 1. The van der Waals surface area contributed by atoms with Crippen LogP contribution >= 0.6 is 0 Å². The van der Waals surface area contributed by atoms with Crippen LogP contribution in [0.1, 0.15) is 31.2 Å². The van der Waals surface area contributed by atoms with E-state index in [4.69, 9.17) is 21.1 Å². The van der Waals surface area contributed by atoms with Crippen molar-refractivity contribution in [2.45, 2.75) is 31.2 Å². The number of ether oxygens (including phenoxy) is 1. The number of hydroxylamine groups is 1. The van der Waals surface area contributed by atoms with Gasteiger partial charge < -0.3 is 15.0 Å². The SMILES string of the molecule is N=C(NO)c1cn2c3c(c(F)c(F)c(N)c3c1=O)OCC21CCCC1. The van der Waals surface area contributed by atoms with Crippen LogP contribution in [0.2, 0.25) is 0 Å². The van der Waals surface area contributed by atoms with Crippen molar-refractivity contribution in [2.75, 3.05) is 12.3 Å². The first-order valence-corrected chi connectivity index (χ1v) is 7.89. The third-order valence-corrected chi connectivity index (χ3v) is 5.23.